The van der Waals surface area contributed by atoms with Gasteiger partial charge in [0.25, 0.3) is 0 Å². The van der Waals surface area contributed by atoms with Crippen molar-refractivity contribution < 1.29 is 19.1 Å². The van der Waals surface area contributed by atoms with Gasteiger partial charge in [0.05, 0.1) is 0 Å². The number of hydrogen-bond acceptors (Lipinski definition) is 5. The first-order chi connectivity index (χ1) is 14.0. The van der Waals surface area contributed by atoms with Crippen molar-refractivity contribution in [1.82, 2.24) is 5.32 Å². The zero-order valence-corrected chi connectivity index (χ0v) is 16.9. The molecule has 156 valence electrons. The first-order valence-electron chi connectivity index (χ1n) is 9.98. The quantitative estimate of drug-likeness (QED) is 0.560. The summed E-state index contributed by atoms with van der Waals surface area (Å²) in [5.41, 5.74) is 7.04. The molecule has 0 fully saturated rings. The van der Waals surface area contributed by atoms with Gasteiger partial charge in [0.15, 0.2) is 0 Å². The van der Waals surface area contributed by atoms with Crippen molar-refractivity contribution >= 4 is 12.1 Å². The van der Waals surface area contributed by atoms with E-state index < -0.39 is 17.6 Å². The summed E-state index contributed by atoms with van der Waals surface area (Å²) in [5.74, 6) is -0.450. The Bertz CT molecular complexity index is 752. The minimum absolute atomic E-state index is 0.178. The van der Waals surface area contributed by atoms with Crippen molar-refractivity contribution in [2.24, 2.45) is 5.73 Å². The highest BCUT2D eigenvalue weighted by atomic mass is 16.5. The van der Waals surface area contributed by atoms with E-state index in [9.17, 15) is 9.59 Å². The third kappa shape index (κ3) is 7.95. The molecule has 1 amide bonds. The summed E-state index contributed by atoms with van der Waals surface area (Å²) >= 11 is 0. The molecule has 2 aromatic carbocycles. The summed E-state index contributed by atoms with van der Waals surface area (Å²) in [6.07, 6.45) is 1.95. The number of amides is 1. The average Bonchev–Trinajstić information content (AvgIpc) is 2.76. The number of nitrogens with two attached hydrogens (primary N) is 1. The number of carbonyl (C=O) groups excluding carboxylic acids is 2. The van der Waals surface area contributed by atoms with E-state index in [2.05, 4.69) is 5.32 Å². The molecule has 29 heavy (non-hydrogen) atoms. The number of benzene rings is 2. The van der Waals surface area contributed by atoms with Gasteiger partial charge >= 0.3 is 12.1 Å². The van der Waals surface area contributed by atoms with Crippen LogP contribution in [0.5, 0.6) is 0 Å². The molecule has 2 aromatic rings. The Morgan fingerprint density at radius 1 is 0.897 bits per heavy atom. The first kappa shape index (κ1) is 22.4. The number of rotatable bonds is 11. The van der Waals surface area contributed by atoms with E-state index in [0.717, 1.165) is 24.0 Å². The Balaban J connectivity index is 1.81. The van der Waals surface area contributed by atoms with Crippen molar-refractivity contribution in [3.8, 4) is 0 Å². The van der Waals surface area contributed by atoms with E-state index in [1.165, 1.54) is 0 Å². The molecule has 6 heteroatoms. The average molecular weight is 399 g/mol. The normalized spacial score (nSPS) is 12.6. The van der Waals surface area contributed by atoms with Crippen LogP contribution in [0.3, 0.4) is 0 Å². The van der Waals surface area contributed by atoms with Gasteiger partial charge < -0.3 is 20.5 Å². The van der Waals surface area contributed by atoms with E-state index in [1.807, 2.05) is 67.6 Å². The van der Waals surface area contributed by atoms with Crippen LogP contribution in [0.2, 0.25) is 0 Å². The molecule has 6 nitrogen and oxygen atoms in total. The lowest BCUT2D eigenvalue weighted by Crippen LogP contribution is -2.51. The van der Waals surface area contributed by atoms with Crippen LogP contribution in [0, 0.1) is 0 Å². The predicted octanol–water partition coefficient (Wildman–Crippen LogP) is 3.93. The molecule has 0 saturated carbocycles. The molecule has 0 aromatic heterocycles. The van der Waals surface area contributed by atoms with E-state index in [1.54, 1.807) is 0 Å². The summed E-state index contributed by atoms with van der Waals surface area (Å²) in [5, 5.41) is 2.66. The maximum Gasteiger partial charge on any atom is 0.407 e. The van der Waals surface area contributed by atoms with Crippen molar-refractivity contribution in [3.05, 3.63) is 71.8 Å². The SMILES string of the molecule is CCCCC(N)(CCNC(=O)OCc1ccccc1)C(=O)OCc1ccccc1. The van der Waals surface area contributed by atoms with Crippen molar-refractivity contribution in [2.45, 2.75) is 51.4 Å². The summed E-state index contributed by atoms with van der Waals surface area (Å²) in [6, 6.07) is 18.9. The van der Waals surface area contributed by atoms with Gasteiger partial charge in [-0.25, -0.2) is 4.79 Å². The van der Waals surface area contributed by atoms with Crippen molar-refractivity contribution in [2.75, 3.05) is 6.54 Å². The molecule has 3 N–H and O–H groups in total. The lowest BCUT2D eigenvalue weighted by atomic mass is 9.90. The molecule has 0 bridgehead atoms. The largest absolute Gasteiger partial charge is 0.459 e. The molecule has 0 aliphatic rings. The molecule has 0 aliphatic carbocycles. The van der Waals surface area contributed by atoms with Gasteiger partial charge in [0, 0.05) is 6.54 Å². The molecule has 0 radical (unpaired) electrons. The van der Waals surface area contributed by atoms with Gasteiger partial charge in [-0.15, -0.1) is 0 Å². The molecule has 0 spiro atoms. The Morgan fingerprint density at radius 2 is 1.45 bits per heavy atom. The van der Waals surface area contributed by atoms with E-state index in [4.69, 9.17) is 15.2 Å². The summed E-state index contributed by atoms with van der Waals surface area (Å²) in [6.45, 7) is 2.63. The summed E-state index contributed by atoms with van der Waals surface area (Å²) in [7, 11) is 0. The van der Waals surface area contributed by atoms with Crippen LogP contribution in [0.25, 0.3) is 0 Å². The number of unbranched alkanes of at least 4 members (excludes halogenated alkanes) is 1. The van der Waals surface area contributed by atoms with Gasteiger partial charge in [0.1, 0.15) is 18.8 Å². The van der Waals surface area contributed by atoms with Crippen molar-refractivity contribution in [3.63, 3.8) is 0 Å². The zero-order valence-electron chi connectivity index (χ0n) is 16.9. The van der Waals surface area contributed by atoms with E-state index in [0.29, 0.717) is 6.42 Å². The molecule has 1 atom stereocenters. The predicted molar refractivity (Wildman–Crippen MR) is 112 cm³/mol. The molecule has 1 unspecified atom stereocenters. The second-order valence-corrected chi connectivity index (χ2v) is 7.06. The Kier molecular flexibility index (Phi) is 9.18. The fourth-order valence-electron chi connectivity index (χ4n) is 2.85. The Hall–Kier alpha value is -2.86. The van der Waals surface area contributed by atoms with Crippen LogP contribution < -0.4 is 11.1 Å². The summed E-state index contributed by atoms with van der Waals surface area (Å²) in [4.78, 5) is 24.5. The van der Waals surface area contributed by atoms with Crippen LogP contribution in [0.15, 0.2) is 60.7 Å². The van der Waals surface area contributed by atoms with Crippen LogP contribution >= 0.6 is 0 Å². The number of nitrogens with one attached hydrogen (secondary N) is 1. The van der Waals surface area contributed by atoms with Gasteiger partial charge in [-0.2, -0.15) is 0 Å². The Labute approximate surface area is 172 Å². The third-order valence-corrected chi connectivity index (χ3v) is 4.65. The number of alkyl carbamates (subject to hydrolysis) is 1. The number of carbonyl (C=O) groups is 2. The highest BCUT2D eigenvalue weighted by Crippen LogP contribution is 2.18. The lowest BCUT2D eigenvalue weighted by molar-refractivity contribution is -0.152. The fraction of sp³-hybridized carbons (Fsp3) is 0.391. The van der Waals surface area contributed by atoms with Crippen LogP contribution in [-0.4, -0.2) is 24.1 Å². The minimum atomic E-state index is -1.14. The second-order valence-electron chi connectivity index (χ2n) is 7.06. The zero-order chi connectivity index (χ0) is 21.0. The van der Waals surface area contributed by atoms with Crippen LogP contribution in [-0.2, 0) is 27.5 Å². The minimum Gasteiger partial charge on any atom is -0.459 e. The van der Waals surface area contributed by atoms with E-state index >= 15 is 0 Å². The fourth-order valence-corrected chi connectivity index (χ4v) is 2.85. The molecule has 0 aliphatic heterocycles. The number of hydrogen-bond donors (Lipinski definition) is 2. The van der Waals surface area contributed by atoms with Crippen LogP contribution in [0.1, 0.15) is 43.7 Å². The smallest absolute Gasteiger partial charge is 0.407 e. The molecule has 0 saturated heterocycles. The second kappa shape index (κ2) is 11.9. The monoisotopic (exact) mass is 398 g/mol. The molecular weight excluding hydrogens is 368 g/mol. The third-order valence-electron chi connectivity index (χ3n) is 4.65. The maximum atomic E-state index is 12.6. The number of ether oxygens (including phenoxy) is 2. The number of esters is 1. The van der Waals surface area contributed by atoms with Crippen molar-refractivity contribution in [1.29, 1.82) is 0 Å². The highest BCUT2D eigenvalue weighted by molar-refractivity contribution is 5.80. The molecular formula is C23H30N2O4. The molecule has 2 rings (SSSR count). The highest BCUT2D eigenvalue weighted by Gasteiger charge is 2.34. The van der Waals surface area contributed by atoms with Gasteiger partial charge in [-0.1, -0.05) is 80.4 Å². The first-order valence-corrected chi connectivity index (χ1v) is 9.98. The standard InChI is InChI=1S/C23H30N2O4/c1-2-3-14-23(24,21(26)28-17-19-10-6-4-7-11-19)15-16-25-22(27)29-18-20-12-8-5-9-13-20/h4-13H,2-3,14-18,24H2,1H3,(H,25,27). The van der Waals surface area contributed by atoms with Gasteiger partial charge in [-0.3, -0.25) is 4.79 Å². The van der Waals surface area contributed by atoms with Gasteiger partial charge in [0.2, 0.25) is 0 Å². The molecule has 0 heterocycles. The Morgan fingerprint density at radius 3 is 2.00 bits per heavy atom. The lowest BCUT2D eigenvalue weighted by Gasteiger charge is -2.27. The topological polar surface area (TPSA) is 90.6 Å². The maximum absolute atomic E-state index is 12.6. The van der Waals surface area contributed by atoms with Crippen LogP contribution in [0.4, 0.5) is 4.79 Å². The van der Waals surface area contributed by atoms with Gasteiger partial charge in [-0.05, 0) is 24.0 Å². The van der Waals surface area contributed by atoms with E-state index in [-0.39, 0.29) is 26.2 Å². The summed E-state index contributed by atoms with van der Waals surface area (Å²) < 4.78 is 10.6.